The van der Waals surface area contributed by atoms with Crippen LogP contribution in [0.4, 0.5) is 5.82 Å². The molecular formula is C17H22N2O3S. The van der Waals surface area contributed by atoms with E-state index >= 15 is 0 Å². The summed E-state index contributed by atoms with van der Waals surface area (Å²) < 4.78 is 33.5. The maximum absolute atomic E-state index is 12.8. The lowest BCUT2D eigenvalue weighted by atomic mass is 10.0. The van der Waals surface area contributed by atoms with Crippen LogP contribution >= 0.6 is 0 Å². The van der Waals surface area contributed by atoms with Crippen molar-refractivity contribution < 1.29 is 13.2 Å². The van der Waals surface area contributed by atoms with Crippen LogP contribution in [0, 0.1) is 6.92 Å². The topological polar surface area (TPSA) is 68.3 Å². The van der Waals surface area contributed by atoms with E-state index in [4.69, 9.17) is 4.74 Å². The van der Waals surface area contributed by atoms with E-state index in [2.05, 4.69) is 9.71 Å². The van der Waals surface area contributed by atoms with Gasteiger partial charge >= 0.3 is 0 Å². The van der Waals surface area contributed by atoms with Crippen LogP contribution in [-0.2, 0) is 10.0 Å². The zero-order valence-corrected chi connectivity index (χ0v) is 14.6. The second-order valence-electron chi connectivity index (χ2n) is 5.56. The summed E-state index contributed by atoms with van der Waals surface area (Å²) in [6.45, 7) is 8.06. The molecule has 124 valence electrons. The van der Waals surface area contributed by atoms with Crippen molar-refractivity contribution in [3.05, 3.63) is 47.7 Å². The van der Waals surface area contributed by atoms with Gasteiger partial charge in [-0.25, -0.2) is 13.4 Å². The Hall–Kier alpha value is -2.08. The van der Waals surface area contributed by atoms with Gasteiger partial charge in [0, 0.05) is 5.69 Å². The van der Waals surface area contributed by atoms with Gasteiger partial charge in [-0.15, -0.1) is 0 Å². The van der Waals surface area contributed by atoms with E-state index in [1.807, 2.05) is 39.8 Å². The van der Waals surface area contributed by atoms with Crippen molar-refractivity contribution in [3.8, 4) is 5.75 Å². The number of hydrogen-bond donors (Lipinski definition) is 1. The molecule has 0 unspecified atom stereocenters. The molecule has 6 heteroatoms. The SMILES string of the molecule is CCOc1ccc(C(C)C)cc1S(=O)(=O)Nc1cccc(C)n1. The minimum Gasteiger partial charge on any atom is -0.492 e. The van der Waals surface area contributed by atoms with Crippen LogP contribution in [0.3, 0.4) is 0 Å². The van der Waals surface area contributed by atoms with E-state index in [9.17, 15) is 8.42 Å². The maximum Gasteiger partial charge on any atom is 0.266 e. The molecule has 0 aliphatic rings. The standard InChI is InChI=1S/C17H22N2O3S/c1-5-22-15-10-9-14(12(2)3)11-16(15)23(20,21)19-17-8-6-7-13(4)18-17/h6-12H,5H2,1-4H3,(H,18,19). The summed E-state index contributed by atoms with van der Waals surface area (Å²) in [6, 6.07) is 10.4. The third kappa shape index (κ3) is 4.22. The number of hydrogen-bond acceptors (Lipinski definition) is 4. The number of pyridine rings is 1. The fourth-order valence-corrected chi connectivity index (χ4v) is 3.34. The number of nitrogens with zero attached hydrogens (tertiary/aromatic N) is 1. The van der Waals surface area contributed by atoms with Gasteiger partial charge in [0.25, 0.3) is 10.0 Å². The van der Waals surface area contributed by atoms with Crippen molar-refractivity contribution in [2.45, 2.75) is 38.5 Å². The van der Waals surface area contributed by atoms with E-state index in [1.165, 1.54) is 0 Å². The highest BCUT2D eigenvalue weighted by Crippen LogP contribution is 2.29. The Kier molecular flexibility index (Phi) is 5.26. The van der Waals surface area contributed by atoms with Gasteiger partial charge in [0.1, 0.15) is 16.5 Å². The molecule has 0 aliphatic carbocycles. The van der Waals surface area contributed by atoms with Crippen LogP contribution in [0.5, 0.6) is 5.75 Å². The van der Waals surface area contributed by atoms with Gasteiger partial charge in [-0.05, 0) is 49.6 Å². The summed E-state index contributed by atoms with van der Waals surface area (Å²) in [5.74, 6) is 0.858. The van der Waals surface area contributed by atoms with E-state index in [0.717, 1.165) is 11.3 Å². The number of sulfonamides is 1. The first-order valence-electron chi connectivity index (χ1n) is 7.56. The molecule has 0 atom stereocenters. The normalized spacial score (nSPS) is 11.5. The molecule has 1 aromatic carbocycles. The minimum absolute atomic E-state index is 0.133. The zero-order valence-electron chi connectivity index (χ0n) is 13.8. The zero-order chi connectivity index (χ0) is 17.0. The largest absolute Gasteiger partial charge is 0.492 e. The Labute approximate surface area is 137 Å². The van der Waals surface area contributed by atoms with Crippen molar-refractivity contribution in [2.24, 2.45) is 0 Å². The molecular weight excluding hydrogens is 312 g/mol. The fraction of sp³-hybridized carbons (Fsp3) is 0.353. The molecule has 0 radical (unpaired) electrons. The highest BCUT2D eigenvalue weighted by atomic mass is 32.2. The van der Waals surface area contributed by atoms with Gasteiger partial charge in [0.15, 0.2) is 0 Å². The second-order valence-corrected chi connectivity index (χ2v) is 7.21. The average molecular weight is 334 g/mol. The molecule has 1 heterocycles. The van der Waals surface area contributed by atoms with E-state index < -0.39 is 10.0 Å². The molecule has 1 N–H and O–H groups in total. The van der Waals surface area contributed by atoms with Crippen molar-refractivity contribution in [2.75, 3.05) is 11.3 Å². The van der Waals surface area contributed by atoms with Crippen molar-refractivity contribution in [1.29, 1.82) is 0 Å². The highest BCUT2D eigenvalue weighted by Gasteiger charge is 2.21. The summed E-state index contributed by atoms with van der Waals surface area (Å²) in [5.41, 5.74) is 1.68. The predicted molar refractivity (Wildman–Crippen MR) is 91.5 cm³/mol. The number of rotatable bonds is 6. The van der Waals surface area contributed by atoms with Gasteiger partial charge in [-0.3, -0.25) is 4.72 Å². The number of benzene rings is 1. The summed E-state index contributed by atoms with van der Waals surface area (Å²) in [5, 5.41) is 0. The van der Waals surface area contributed by atoms with Crippen LogP contribution in [-0.4, -0.2) is 20.0 Å². The Morgan fingerprint density at radius 3 is 2.57 bits per heavy atom. The van der Waals surface area contributed by atoms with E-state index in [1.54, 1.807) is 24.3 Å². The molecule has 0 spiro atoms. The second kappa shape index (κ2) is 7.00. The number of aromatic nitrogens is 1. The third-order valence-electron chi connectivity index (χ3n) is 3.35. The third-order valence-corrected chi connectivity index (χ3v) is 4.73. The van der Waals surface area contributed by atoms with Gasteiger partial charge in [0.05, 0.1) is 6.61 Å². The van der Waals surface area contributed by atoms with Gasteiger partial charge in [-0.2, -0.15) is 0 Å². The monoisotopic (exact) mass is 334 g/mol. The Balaban J connectivity index is 2.46. The summed E-state index contributed by atoms with van der Waals surface area (Å²) >= 11 is 0. The van der Waals surface area contributed by atoms with Crippen molar-refractivity contribution in [1.82, 2.24) is 4.98 Å². The lowest BCUT2D eigenvalue weighted by Crippen LogP contribution is -2.16. The molecule has 1 aromatic heterocycles. The molecule has 0 amide bonds. The molecule has 23 heavy (non-hydrogen) atoms. The van der Waals surface area contributed by atoms with Crippen LogP contribution in [0.15, 0.2) is 41.3 Å². The number of aryl methyl sites for hydroxylation is 1. The van der Waals surface area contributed by atoms with Crippen LogP contribution in [0.1, 0.15) is 37.9 Å². The summed E-state index contributed by atoms with van der Waals surface area (Å²) in [7, 11) is -3.78. The number of anilines is 1. The molecule has 0 saturated heterocycles. The quantitative estimate of drug-likeness (QED) is 0.874. The lowest BCUT2D eigenvalue weighted by Gasteiger charge is -2.15. The first kappa shape index (κ1) is 17.3. The van der Waals surface area contributed by atoms with Gasteiger partial charge in [0.2, 0.25) is 0 Å². The fourth-order valence-electron chi connectivity index (χ4n) is 2.16. The van der Waals surface area contributed by atoms with E-state index in [0.29, 0.717) is 18.2 Å². The van der Waals surface area contributed by atoms with Crippen molar-refractivity contribution >= 4 is 15.8 Å². The van der Waals surface area contributed by atoms with Gasteiger partial charge < -0.3 is 4.74 Å². The Morgan fingerprint density at radius 2 is 1.96 bits per heavy atom. The van der Waals surface area contributed by atoms with Crippen LogP contribution in [0.25, 0.3) is 0 Å². The first-order valence-corrected chi connectivity index (χ1v) is 9.05. The van der Waals surface area contributed by atoms with Crippen LogP contribution in [0.2, 0.25) is 0 Å². The number of ether oxygens (including phenoxy) is 1. The summed E-state index contributed by atoms with van der Waals surface area (Å²) in [6.07, 6.45) is 0. The van der Waals surface area contributed by atoms with Crippen molar-refractivity contribution in [3.63, 3.8) is 0 Å². The highest BCUT2D eigenvalue weighted by molar-refractivity contribution is 7.92. The predicted octanol–water partition coefficient (Wildman–Crippen LogP) is 3.71. The number of nitrogens with one attached hydrogen (secondary N) is 1. The molecule has 0 bridgehead atoms. The Bertz CT molecular complexity index is 786. The molecule has 2 aromatic rings. The smallest absolute Gasteiger partial charge is 0.266 e. The maximum atomic E-state index is 12.8. The molecule has 2 rings (SSSR count). The molecule has 0 saturated carbocycles. The van der Waals surface area contributed by atoms with Crippen LogP contribution < -0.4 is 9.46 Å². The average Bonchev–Trinajstić information content (AvgIpc) is 2.47. The minimum atomic E-state index is -3.78. The molecule has 0 fully saturated rings. The summed E-state index contributed by atoms with van der Waals surface area (Å²) in [4.78, 5) is 4.32. The molecule has 0 aliphatic heterocycles. The van der Waals surface area contributed by atoms with Gasteiger partial charge in [-0.1, -0.05) is 26.0 Å². The lowest BCUT2D eigenvalue weighted by molar-refractivity contribution is 0.331. The van der Waals surface area contributed by atoms with E-state index in [-0.39, 0.29) is 10.8 Å². The first-order chi connectivity index (χ1) is 10.8. The Morgan fingerprint density at radius 1 is 1.22 bits per heavy atom. The molecule has 5 nitrogen and oxygen atoms in total.